The summed E-state index contributed by atoms with van der Waals surface area (Å²) >= 11 is 1.43. The highest BCUT2D eigenvalue weighted by Crippen LogP contribution is 2.39. The van der Waals surface area contributed by atoms with Gasteiger partial charge in [0.05, 0.1) is 23.9 Å². The lowest BCUT2D eigenvalue weighted by molar-refractivity contribution is 0.0996. The highest BCUT2D eigenvalue weighted by Gasteiger charge is 2.18. The number of nitrogens with zero attached hydrogens (tertiary/aromatic N) is 1. The monoisotopic (exact) mass is 376 g/mol. The van der Waals surface area contributed by atoms with E-state index < -0.39 is 0 Å². The fraction of sp³-hybridized carbons (Fsp3) is 0.0476. The molecule has 0 radical (unpaired) electrons. The summed E-state index contributed by atoms with van der Waals surface area (Å²) in [5.41, 5.74) is 2.80. The maximum absolute atomic E-state index is 12.3. The van der Waals surface area contributed by atoms with Crippen molar-refractivity contribution >= 4 is 22.4 Å². The number of thiazole rings is 1. The molecule has 5 nitrogen and oxygen atoms in total. The van der Waals surface area contributed by atoms with Crippen molar-refractivity contribution in [3.05, 3.63) is 78.8 Å². The van der Waals surface area contributed by atoms with Crippen molar-refractivity contribution in [2.75, 3.05) is 12.4 Å². The lowest BCUT2D eigenvalue weighted by Crippen LogP contribution is -2.10. The second kappa shape index (κ2) is 7.47. The van der Waals surface area contributed by atoms with Gasteiger partial charge in [0.2, 0.25) is 0 Å². The summed E-state index contributed by atoms with van der Waals surface area (Å²) in [6.45, 7) is 0. The average Bonchev–Trinajstić information content (AvgIpc) is 3.39. The summed E-state index contributed by atoms with van der Waals surface area (Å²) < 4.78 is 10.4. The molecule has 0 bridgehead atoms. The quantitative estimate of drug-likeness (QED) is 0.511. The van der Waals surface area contributed by atoms with Crippen LogP contribution in [0.4, 0.5) is 5.13 Å². The number of rotatable bonds is 5. The van der Waals surface area contributed by atoms with Gasteiger partial charge in [0.1, 0.15) is 5.75 Å². The van der Waals surface area contributed by atoms with E-state index in [2.05, 4.69) is 10.3 Å². The lowest BCUT2D eigenvalue weighted by atomic mass is 10.1. The van der Waals surface area contributed by atoms with Crippen molar-refractivity contribution in [1.29, 1.82) is 0 Å². The Labute approximate surface area is 160 Å². The van der Waals surface area contributed by atoms with Crippen LogP contribution in [0.1, 0.15) is 10.6 Å². The number of hydrogen-bond acceptors (Lipinski definition) is 5. The summed E-state index contributed by atoms with van der Waals surface area (Å²) in [4.78, 5) is 17.9. The molecule has 0 saturated carbocycles. The number of furan rings is 1. The molecular formula is C21H16N2O3S. The minimum Gasteiger partial charge on any atom is -0.497 e. The predicted octanol–water partition coefficient (Wildman–Crippen LogP) is 5.33. The number of carbonyl (C=O) groups excluding carboxylic acids is 1. The van der Waals surface area contributed by atoms with Crippen molar-refractivity contribution in [2.24, 2.45) is 0 Å². The van der Waals surface area contributed by atoms with Crippen LogP contribution in [0.5, 0.6) is 5.75 Å². The molecule has 2 aromatic heterocycles. The molecule has 27 heavy (non-hydrogen) atoms. The van der Waals surface area contributed by atoms with Crippen molar-refractivity contribution in [3.63, 3.8) is 0 Å². The van der Waals surface area contributed by atoms with Crippen LogP contribution in [0, 0.1) is 0 Å². The van der Waals surface area contributed by atoms with E-state index in [1.54, 1.807) is 19.2 Å². The van der Waals surface area contributed by atoms with Gasteiger partial charge in [-0.05, 0) is 42.0 Å². The largest absolute Gasteiger partial charge is 0.497 e. The first-order valence-corrected chi connectivity index (χ1v) is 9.12. The standard InChI is InChI=1S/C21H16N2O3S/c1-25-16-11-9-14(10-12-16)18-19(15-6-3-2-4-7-15)27-21(22-18)23-20(24)17-8-5-13-26-17/h2-13H,1H3,(H,22,23,24). The molecule has 0 aliphatic heterocycles. The number of methoxy groups -OCH3 is 1. The third kappa shape index (κ3) is 3.61. The number of ether oxygens (including phenoxy) is 1. The first kappa shape index (κ1) is 17.1. The lowest BCUT2D eigenvalue weighted by Gasteiger charge is -2.04. The second-order valence-corrected chi connectivity index (χ2v) is 6.72. The maximum Gasteiger partial charge on any atom is 0.293 e. The van der Waals surface area contributed by atoms with Gasteiger partial charge in [-0.1, -0.05) is 41.7 Å². The van der Waals surface area contributed by atoms with Gasteiger partial charge >= 0.3 is 0 Å². The van der Waals surface area contributed by atoms with E-state index >= 15 is 0 Å². The molecule has 0 spiro atoms. The Morgan fingerprint density at radius 3 is 2.44 bits per heavy atom. The Kier molecular flexibility index (Phi) is 4.72. The Bertz CT molecular complexity index is 1040. The molecule has 0 saturated heterocycles. The van der Waals surface area contributed by atoms with E-state index in [0.717, 1.165) is 27.4 Å². The van der Waals surface area contributed by atoms with Crippen LogP contribution < -0.4 is 10.1 Å². The summed E-state index contributed by atoms with van der Waals surface area (Å²) in [6, 6.07) is 21.0. The Morgan fingerprint density at radius 1 is 1.00 bits per heavy atom. The molecule has 1 amide bonds. The number of hydrogen-bond donors (Lipinski definition) is 1. The number of amides is 1. The van der Waals surface area contributed by atoms with Crippen LogP contribution in [0.2, 0.25) is 0 Å². The maximum atomic E-state index is 12.3. The molecule has 134 valence electrons. The number of aromatic nitrogens is 1. The van der Waals surface area contributed by atoms with E-state index in [0.29, 0.717) is 5.13 Å². The van der Waals surface area contributed by atoms with Gasteiger partial charge in [-0.2, -0.15) is 0 Å². The summed E-state index contributed by atoms with van der Waals surface area (Å²) in [5.74, 6) is 0.702. The first-order valence-electron chi connectivity index (χ1n) is 8.30. The van der Waals surface area contributed by atoms with Gasteiger partial charge in [-0.3, -0.25) is 10.1 Å². The van der Waals surface area contributed by atoms with Crippen molar-refractivity contribution < 1.29 is 13.9 Å². The van der Waals surface area contributed by atoms with E-state index in [1.165, 1.54) is 17.6 Å². The minimum atomic E-state index is -0.324. The zero-order valence-electron chi connectivity index (χ0n) is 14.5. The second-order valence-electron chi connectivity index (χ2n) is 5.72. The van der Waals surface area contributed by atoms with E-state index in [1.807, 2.05) is 54.6 Å². The van der Waals surface area contributed by atoms with Crippen LogP contribution in [-0.4, -0.2) is 18.0 Å². The number of anilines is 1. The molecule has 0 unspecified atom stereocenters. The van der Waals surface area contributed by atoms with Crippen LogP contribution in [-0.2, 0) is 0 Å². The summed E-state index contributed by atoms with van der Waals surface area (Å²) in [6.07, 6.45) is 1.47. The zero-order chi connectivity index (χ0) is 18.6. The minimum absolute atomic E-state index is 0.248. The first-order chi connectivity index (χ1) is 13.2. The topological polar surface area (TPSA) is 64.4 Å². The fourth-order valence-electron chi connectivity index (χ4n) is 2.67. The Balaban J connectivity index is 1.73. The van der Waals surface area contributed by atoms with Crippen molar-refractivity contribution in [3.8, 4) is 27.4 Å². The Morgan fingerprint density at radius 2 is 1.78 bits per heavy atom. The van der Waals surface area contributed by atoms with Crippen molar-refractivity contribution in [1.82, 2.24) is 4.98 Å². The molecule has 0 aliphatic rings. The van der Waals surface area contributed by atoms with E-state index in [9.17, 15) is 4.79 Å². The molecule has 0 fully saturated rings. The van der Waals surface area contributed by atoms with Crippen LogP contribution in [0.3, 0.4) is 0 Å². The molecule has 0 atom stereocenters. The zero-order valence-corrected chi connectivity index (χ0v) is 15.3. The van der Waals surface area contributed by atoms with Gasteiger partial charge in [-0.25, -0.2) is 4.98 Å². The summed E-state index contributed by atoms with van der Waals surface area (Å²) in [5, 5.41) is 3.33. The normalized spacial score (nSPS) is 10.6. The highest BCUT2D eigenvalue weighted by molar-refractivity contribution is 7.19. The fourth-order valence-corrected chi connectivity index (χ4v) is 3.66. The van der Waals surface area contributed by atoms with Crippen LogP contribution in [0.25, 0.3) is 21.7 Å². The molecule has 2 aromatic carbocycles. The molecule has 2 heterocycles. The molecular weight excluding hydrogens is 360 g/mol. The van der Waals surface area contributed by atoms with Crippen LogP contribution in [0.15, 0.2) is 77.4 Å². The number of nitrogens with one attached hydrogen (secondary N) is 1. The van der Waals surface area contributed by atoms with Gasteiger partial charge in [0, 0.05) is 5.56 Å². The number of benzene rings is 2. The molecule has 1 N–H and O–H groups in total. The van der Waals surface area contributed by atoms with Crippen LogP contribution >= 0.6 is 11.3 Å². The third-order valence-corrected chi connectivity index (χ3v) is 5.01. The van der Waals surface area contributed by atoms with Crippen molar-refractivity contribution in [2.45, 2.75) is 0 Å². The van der Waals surface area contributed by atoms with E-state index in [-0.39, 0.29) is 11.7 Å². The average molecular weight is 376 g/mol. The third-order valence-electron chi connectivity index (χ3n) is 3.99. The molecule has 4 rings (SSSR count). The van der Waals surface area contributed by atoms with Gasteiger partial charge in [-0.15, -0.1) is 0 Å². The van der Waals surface area contributed by atoms with E-state index in [4.69, 9.17) is 9.15 Å². The SMILES string of the molecule is COc1ccc(-c2nc(NC(=O)c3ccco3)sc2-c2ccccc2)cc1. The Hall–Kier alpha value is -3.38. The predicted molar refractivity (Wildman–Crippen MR) is 106 cm³/mol. The smallest absolute Gasteiger partial charge is 0.293 e. The molecule has 6 heteroatoms. The number of carbonyl (C=O) groups is 1. The highest BCUT2D eigenvalue weighted by atomic mass is 32.1. The molecule has 4 aromatic rings. The van der Waals surface area contributed by atoms with Gasteiger partial charge < -0.3 is 9.15 Å². The summed E-state index contributed by atoms with van der Waals surface area (Å²) in [7, 11) is 1.63. The van der Waals surface area contributed by atoms with Gasteiger partial charge in [0.15, 0.2) is 10.9 Å². The molecule has 0 aliphatic carbocycles. The van der Waals surface area contributed by atoms with Gasteiger partial charge in [0.25, 0.3) is 5.91 Å².